The lowest BCUT2D eigenvalue weighted by atomic mass is 10.0. The van der Waals surface area contributed by atoms with E-state index in [9.17, 15) is 4.79 Å². The van der Waals surface area contributed by atoms with Gasteiger partial charge < -0.3 is 4.74 Å². The molecule has 100 valence electrons. The van der Waals surface area contributed by atoms with Crippen LogP contribution in [0.1, 0.15) is 5.56 Å². The molecule has 1 aromatic heterocycles. The molecule has 1 heterocycles. The molecule has 0 amide bonds. The molecule has 0 saturated heterocycles. The molecule has 0 spiro atoms. The van der Waals surface area contributed by atoms with Gasteiger partial charge >= 0.3 is 0 Å². The van der Waals surface area contributed by atoms with Gasteiger partial charge in [0.1, 0.15) is 11.4 Å². The van der Waals surface area contributed by atoms with E-state index >= 15 is 0 Å². The van der Waals surface area contributed by atoms with Crippen LogP contribution in [0.15, 0.2) is 47.3 Å². The van der Waals surface area contributed by atoms with Crippen molar-refractivity contribution in [2.24, 2.45) is 0 Å². The molecular formula is C16H14N2O2. The Labute approximate surface area is 116 Å². The van der Waals surface area contributed by atoms with Crippen LogP contribution < -0.4 is 10.3 Å². The first-order chi connectivity index (χ1) is 9.70. The monoisotopic (exact) mass is 266 g/mol. The van der Waals surface area contributed by atoms with Crippen LogP contribution in [-0.4, -0.2) is 17.3 Å². The van der Waals surface area contributed by atoms with Crippen molar-refractivity contribution in [2.45, 2.75) is 6.92 Å². The van der Waals surface area contributed by atoms with Gasteiger partial charge in [-0.25, -0.2) is 5.10 Å². The van der Waals surface area contributed by atoms with Gasteiger partial charge in [0, 0.05) is 10.9 Å². The molecule has 4 nitrogen and oxygen atoms in total. The number of ether oxygens (including phenoxy) is 1. The minimum atomic E-state index is -0.184. The van der Waals surface area contributed by atoms with Gasteiger partial charge in [0.25, 0.3) is 5.56 Å². The average Bonchev–Trinajstić information content (AvgIpc) is 2.48. The number of fused-ring (bicyclic) bond motifs is 1. The number of rotatable bonds is 2. The summed E-state index contributed by atoms with van der Waals surface area (Å²) in [4.78, 5) is 11.8. The molecule has 0 saturated carbocycles. The van der Waals surface area contributed by atoms with E-state index in [1.807, 2.05) is 43.3 Å². The molecule has 0 aliphatic rings. The Balaban J connectivity index is 2.39. The standard InChI is InChI=1S/C16H14N2O2/c1-10-7-8-14(20-2)13(9-10)15-11-5-3-4-6-12(11)16(19)18-17-15/h3-9H,1-2H3,(H,18,19). The van der Waals surface area contributed by atoms with Gasteiger partial charge in [-0.05, 0) is 25.1 Å². The third-order valence-corrected chi connectivity index (χ3v) is 3.31. The number of aryl methyl sites for hydroxylation is 1. The van der Waals surface area contributed by atoms with Crippen molar-refractivity contribution in [3.05, 3.63) is 58.4 Å². The number of benzene rings is 2. The summed E-state index contributed by atoms with van der Waals surface area (Å²) in [6, 6.07) is 13.3. The molecule has 0 bridgehead atoms. The zero-order valence-electron chi connectivity index (χ0n) is 11.3. The average molecular weight is 266 g/mol. The first-order valence-corrected chi connectivity index (χ1v) is 6.33. The van der Waals surface area contributed by atoms with E-state index in [1.54, 1.807) is 13.2 Å². The summed E-state index contributed by atoms with van der Waals surface area (Å²) in [5.41, 5.74) is 2.52. The SMILES string of the molecule is COc1ccc(C)cc1-c1n[nH]c(=O)c2ccccc12. The highest BCUT2D eigenvalue weighted by Gasteiger charge is 2.12. The lowest BCUT2D eigenvalue weighted by Gasteiger charge is -2.10. The molecule has 2 aromatic carbocycles. The lowest BCUT2D eigenvalue weighted by Crippen LogP contribution is -2.09. The smallest absolute Gasteiger partial charge is 0.272 e. The van der Waals surface area contributed by atoms with Crippen molar-refractivity contribution in [3.8, 4) is 17.0 Å². The zero-order chi connectivity index (χ0) is 14.1. The molecule has 3 aromatic rings. The predicted molar refractivity (Wildman–Crippen MR) is 79.1 cm³/mol. The first-order valence-electron chi connectivity index (χ1n) is 6.33. The third kappa shape index (κ3) is 1.95. The fourth-order valence-electron chi connectivity index (χ4n) is 2.33. The molecular weight excluding hydrogens is 252 g/mol. The highest BCUT2D eigenvalue weighted by Crippen LogP contribution is 2.32. The van der Waals surface area contributed by atoms with E-state index in [0.717, 1.165) is 28.0 Å². The van der Waals surface area contributed by atoms with Gasteiger partial charge in [-0.15, -0.1) is 0 Å². The quantitative estimate of drug-likeness (QED) is 0.776. The number of aromatic amines is 1. The number of aromatic nitrogens is 2. The van der Waals surface area contributed by atoms with Crippen molar-refractivity contribution < 1.29 is 4.74 Å². The van der Waals surface area contributed by atoms with Crippen molar-refractivity contribution in [1.29, 1.82) is 0 Å². The van der Waals surface area contributed by atoms with E-state index in [0.29, 0.717) is 5.39 Å². The Bertz CT molecular complexity index is 837. The minimum Gasteiger partial charge on any atom is -0.496 e. The Hall–Kier alpha value is -2.62. The van der Waals surface area contributed by atoms with E-state index < -0.39 is 0 Å². The van der Waals surface area contributed by atoms with Crippen LogP contribution in [0.3, 0.4) is 0 Å². The Morgan fingerprint density at radius 2 is 1.85 bits per heavy atom. The Kier molecular flexibility index (Phi) is 2.99. The second kappa shape index (κ2) is 4.81. The van der Waals surface area contributed by atoms with Crippen LogP contribution in [0.5, 0.6) is 5.75 Å². The normalized spacial score (nSPS) is 10.7. The summed E-state index contributed by atoms with van der Waals surface area (Å²) in [7, 11) is 1.63. The van der Waals surface area contributed by atoms with Crippen LogP contribution >= 0.6 is 0 Å². The molecule has 20 heavy (non-hydrogen) atoms. The third-order valence-electron chi connectivity index (χ3n) is 3.31. The maximum absolute atomic E-state index is 11.8. The first kappa shape index (κ1) is 12.4. The van der Waals surface area contributed by atoms with Crippen molar-refractivity contribution in [1.82, 2.24) is 10.2 Å². The molecule has 3 rings (SSSR count). The molecule has 0 aliphatic carbocycles. The van der Waals surface area contributed by atoms with Crippen molar-refractivity contribution in [3.63, 3.8) is 0 Å². The van der Waals surface area contributed by atoms with Gasteiger partial charge in [0.15, 0.2) is 0 Å². The van der Waals surface area contributed by atoms with Gasteiger partial charge in [0.2, 0.25) is 0 Å². The molecule has 0 atom stereocenters. The fraction of sp³-hybridized carbons (Fsp3) is 0.125. The second-order valence-electron chi connectivity index (χ2n) is 4.65. The van der Waals surface area contributed by atoms with Crippen LogP contribution in [0.25, 0.3) is 22.0 Å². The lowest BCUT2D eigenvalue weighted by molar-refractivity contribution is 0.416. The maximum Gasteiger partial charge on any atom is 0.272 e. The van der Waals surface area contributed by atoms with Crippen LogP contribution in [0.4, 0.5) is 0 Å². The van der Waals surface area contributed by atoms with Crippen molar-refractivity contribution >= 4 is 10.8 Å². The van der Waals surface area contributed by atoms with Crippen LogP contribution in [-0.2, 0) is 0 Å². The second-order valence-corrected chi connectivity index (χ2v) is 4.65. The molecule has 0 radical (unpaired) electrons. The van der Waals surface area contributed by atoms with E-state index in [4.69, 9.17) is 4.74 Å². The predicted octanol–water partition coefficient (Wildman–Crippen LogP) is 2.91. The topological polar surface area (TPSA) is 55.0 Å². The highest BCUT2D eigenvalue weighted by molar-refractivity contribution is 5.95. The van der Waals surface area contributed by atoms with E-state index in [1.165, 1.54) is 0 Å². The Morgan fingerprint density at radius 3 is 2.60 bits per heavy atom. The zero-order valence-corrected chi connectivity index (χ0v) is 11.3. The van der Waals surface area contributed by atoms with Gasteiger partial charge in [-0.3, -0.25) is 4.79 Å². The molecule has 4 heteroatoms. The highest BCUT2D eigenvalue weighted by atomic mass is 16.5. The summed E-state index contributed by atoms with van der Waals surface area (Å²) in [5.74, 6) is 0.736. The summed E-state index contributed by atoms with van der Waals surface area (Å²) in [5, 5.41) is 8.21. The van der Waals surface area contributed by atoms with E-state index in [-0.39, 0.29) is 5.56 Å². The molecule has 0 fully saturated rings. The number of H-pyrrole nitrogens is 1. The number of methoxy groups -OCH3 is 1. The van der Waals surface area contributed by atoms with Gasteiger partial charge in [-0.1, -0.05) is 29.8 Å². The number of hydrogen-bond donors (Lipinski definition) is 1. The number of hydrogen-bond acceptors (Lipinski definition) is 3. The molecule has 0 unspecified atom stereocenters. The maximum atomic E-state index is 11.8. The summed E-state index contributed by atoms with van der Waals surface area (Å²) in [6.45, 7) is 2.01. The summed E-state index contributed by atoms with van der Waals surface area (Å²) in [6.07, 6.45) is 0. The molecule has 0 aliphatic heterocycles. The number of nitrogens with one attached hydrogen (secondary N) is 1. The molecule has 1 N–H and O–H groups in total. The van der Waals surface area contributed by atoms with Crippen LogP contribution in [0.2, 0.25) is 0 Å². The minimum absolute atomic E-state index is 0.184. The summed E-state index contributed by atoms with van der Waals surface area (Å²) >= 11 is 0. The van der Waals surface area contributed by atoms with Gasteiger partial charge in [0.05, 0.1) is 12.5 Å². The van der Waals surface area contributed by atoms with Crippen molar-refractivity contribution in [2.75, 3.05) is 7.11 Å². The Morgan fingerprint density at radius 1 is 1.10 bits per heavy atom. The van der Waals surface area contributed by atoms with Gasteiger partial charge in [-0.2, -0.15) is 5.10 Å². The fourth-order valence-corrected chi connectivity index (χ4v) is 2.33. The van der Waals surface area contributed by atoms with E-state index in [2.05, 4.69) is 10.2 Å². The summed E-state index contributed by atoms with van der Waals surface area (Å²) < 4.78 is 5.40. The largest absolute Gasteiger partial charge is 0.496 e. The number of nitrogens with zero attached hydrogens (tertiary/aromatic N) is 1. The van der Waals surface area contributed by atoms with Crippen LogP contribution in [0, 0.1) is 6.92 Å².